The predicted octanol–water partition coefficient (Wildman–Crippen LogP) is 1.66. The van der Waals surface area contributed by atoms with Gasteiger partial charge in [-0.3, -0.25) is 19.7 Å². The molecule has 6 heteroatoms. The Kier molecular flexibility index (Phi) is 3.33. The molecule has 1 saturated heterocycles. The molecular formula is C13H13NO5. The van der Waals surface area contributed by atoms with Crippen molar-refractivity contribution in [3.63, 3.8) is 0 Å². The Morgan fingerprint density at radius 2 is 2.16 bits per heavy atom. The summed E-state index contributed by atoms with van der Waals surface area (Å²) < 4.78 is 4.87. The van der Waals surface area contributed by atoms with Gasteiger partial charge >= 0.3 is 5.97 Å². The van der Waals surface area contributed by atoms with E-state index in [1.165, 1.54) is 13.0 Å². The van der Waals surface area contributed by atoms with Gasteiger partial charge in [0.2, 0.25) is 0 Å². The molecule has 1 atom stereocenters. The summed E-state index contributed by atoms with van der Waals surface area (Å²) in [7, 11) is 0. The maximum absolute atomic E-state index is 11.8. The van der Waals surface area contributed by atoms with E-state index >= 15 is 0 Å². The van der Waals surface area contributed by atoms with E-state index < -0.39 is 16.3 Å². The van der Waals surface area contributed by atoms with E-state index in [0.29, 0.717) is 5.56 Å². The van der Waals surface area contributed by atoms with Crippen LogP contribution >= 0.6 is 0 Å². The minimum Gasteiger partial charge on any atom is -0.465 e. The highest BCUT2D eigenvalue weighted by atomic mass is 16.6. The summed E-state index contributed by atoms with van der Waals surface area (Å²) in [6, 6.07) is 6.13. The molecule has 1 aliphatic heterocycles. The van der Waals surface area contributed by atoms with Crippen molar-refractivity contribution in [2.24, 2.45) is 5.41 Å². The Labute approximate surface area is 109 Å². The van der Waals surface area contributed by atoms with Crippen molar-refractivity contribution in [2.45, 2.75) is 19.8 Å². The van der Waals surface area contributed by atoms with Crippen LogP contribution in [0.4, 0.5) is 5.69 Å². The number of ketones is 1. The van der Waals surface area contributed by atoms with Crippen LogP contribution < -0.4 is 0 Å². The maximum atomic E-state index is 11.8. The summed E-state index contributed by atoms with van der Waals surface area (Å²) in [5.74, 6) is -0.897. The Balaban J connectivity index is 2.41. The van der Waals surface area contributed by atoms with Gasteiger partial charge in [-0.25, -0.2) is 0 Å². The SMILES string of the molecule is CC(=O)C1(Cc2ccccc2[N+](=O)[O-])CCOC1=O. The van der Waals surface area contributed by atoms with Crippen LogP contribution in [0.5, 0.6) is 0 Å². The van der Waals surface area contributed by atoms with Gasteiger partial charge in [-0.1, -0.05) is 18.2 Å². The first-order valence-electron chi connectivity index (χ1n) is 5.88. The molecule has 1 aliphatic rings. The van der Waals surface area contributed by atoms with E-state index in [2.05, 4.69) is 0 Å². The molecule has 19 heavy (non-hydrogen) atoms. The molecule has 1 aromatic rings. The second-order valence-electron chi connectivity index (χ2n) is 4.59. The quantitative estimate of drug-likeness (QED) is 0.357. The van der Waals surface area contributed by atoms with E-state index in [1.807, 2.05) is 0 Å². The van der Waals surface area contributed by atoms with Crippen molar-refractivity contribution in [3.05, 3.63) is 39.9 Å². The summed E-state index contributed by atoms with van der Waals surface area (Å²) in [5.41, 5.74) is -0.976. The molecular weight excluding hydrogens is 250 g/mol. The number of cyclic esters (lactones) is 1. The van der Waals surface area contributed by atoms with Gasteiger partial charge in [0.25, 0.3) is 5.69 Å². The van der Waals surface area contributed by atoms with Gasteiger partial charge in [0.05, 0.1) is 11.5 Å². The predicted molar refractivity (Wildman–Crippen MR) is 65.5 cm³/mol. The zero-order chi connectivity index (χ0) is 14.0. The fourth-order valence-corrected chi connectivity index (χ4v) is 2.33. The van der Waals surface area contributed by atoms with Crippen molar-refractivity contribution in [1.82, 2.24) is 0 Å². The largest absolute Gasteiger partial charge is 0.465 e. The number of hydrogen-bond acceptors (Lipinski definition) is 5. The van der Waals surface area contributed by atoms with Crippen LogP contribution in [0.15, 0.2) is 24.3 Å². The van der Waals surface area contributed by atoms with Gasteiger partial charge in [-0.15, -0.1) is 0 Å². The third-order valence-corrected chi connectivity index (χ3v) is 3.51. The van der Waals surface area contributed by atoms with Crippen molar-refractivity contribution in [1.29, 1.82) is 0 Å². The highest BCUT2D eigenvalue weighted by molar-refractivity contribution is 6.04. The summed E-state index contributed by atoms with van der Waals surface area (Å²) in [5, 5.41) is 11.0. The lowest BCUT2D eigenvalue weighted by molar-refractivity contribution is -0.385. The molecule has 2 rings (SSSR count). The molecule has 0 amide bonds. The third-order valence-electron chi connectivity index (χ3n) is 3.51. The number of hydrogen-bond donors (Lipinski definition) is 0. The molecule has 1 heterocycles. The van der Waals surface area contributed by atoms with Crippen molar-refractivity contribution in [2.75, 3.05) is 6.61 Å². The number of para-hydroxylation sites is 1. The molecule has 0 N–H and O–H groups in total. The van der Waals surface area contributed by atoms with Crippen molar-refractivity contribution < 1.29 is 19.2 Å². The first-order chi connectivity index (χ1) is 8.97. The molecule has 0 aliphatic carbocycles. The number of ether oxygens (including phenoxy) is 1. The first kappa shape index (κ1) is 13.2. The second kappa shape index (κ2) is 4.79. The normalized spacial score (nSPS) is 22.1. The van der Waals surface area contributed by atoms with E-state index in [1.54, 1.807) is 18.2 Å². The minimum absolute atomic E-state index is 0.0122. The van der Waals surface area contributed by atoms with Crippen LogP contribution in [-0.2, 0) is 20.7 Å². The molecule has 100 valence electrons. The molecule has 0 aromatic heterocycles. The molecule has 0 saturated carbocycles. The fourth-order valence-electron chi connectivity index (χ4n) is 2.33. The second-order valence-corrected chi connectivity index (χ2v) is 4.59. The van der Waals surface area contributed by atoms with Gasteiger partial charge < -0.3 is 4.74 Å². The lowest BCUT2D eigenvalue weighted by Crippen LogP contribution is -2.36. The number of rotatable bonds is 4. The number of nitro benzene ring substituents is 1. The summed E-state index contributed by atoms with van der Waals surface area (Å²) >= 11 is 0. The smallest absolute Gasteiger partial charge is 0.320 e. The van der Waals surface area contributed by atoms with Gasteiger partial charge in [0, 0.05) is 24.5 Å². The summed E-state index contributed by atoms with van der Waals surface area (Å²) in [4.78, 5) is 34.0. The topological polar surface area (TPSA) is 86.5 Å². The van der Waals surface area contributed by atoms with Crippen LogP contribution in [-0.4, -0.2) is 23.3 Å². The molecule has 1 aromatic carbocycles. The van der Waals surface area contributed by atoms with Crippen LogP contribution in [0, 0.1) is 15.5 Å². The Morgan fingerprint density at radius 3 is 2.68 bits per heavy atom. The van der Waals surface area contributed by atoms with E-state index in [4.69, 9.17) is 4.74 Å². The summed E-state index contributed by atoms with van der Waals surface area (Å²) in [6.45, 7) is 1.50. The number of carbonyl (C=O) groups is 2. The Morgan fingerprint density at radius 1 is 1.47 bits per heavy atom. The van der Waals surface area contributed by atoms with E-state index in [0.717, 1.165) is 0 Å². The number of nitro groups is 1. The van der Waals surface area contributed by atoms with Crippen LogP contribution in [0.1, 0.15) is 18.9 Å². The molecule has 0 spiro atoms. The number of esters is 1. The van der Waals surface area contributed by atoms with Crippen LogP contribution in [0.2, 0.25) is 0 Å². The lowest BCUT2D eigenvalue weighted by atomic mass is 9.77. The summed E-state index contributed by atoms with van der Waals surface area (Å²) in [6.07, 6.45) is 0.283. The van der Waals surface area contributed by atoms with Crippen molar-refractivity contribution >= 4 is 17.4 Å². The van der Waals surface area contributed by atoms with Gasteiger partial charge in [0.15, 0.2) is 0 Å². The monoisotopic (exact) mass is 263 g/mol. The minimum atomic E-state index is -1.27. The zero-order valence-corrected chi connectivity index (χ0v) is 10.4. The fraction of sp³-hybridized carbons (Fsp3) is 0.385. The number of nitrogens with zero attached hydrogens (tertiary/aromatic N) is 1. The average molecular weight is 263 g/mol. The van der Waals surface area contributed by atoms with E-state index in [9.17, 15) is 19.7 Å². The average Bonchev–Trinajstić information content (AvgIpc) is 2.72. The maximum Gasteiger partial charge on any atom is 0.320 e. The van der Waals surface area contributed by atoms with Crippen LogP contribution in [0.3, 0.4) is 0 Å². The Bertz CT molecular complexity index is 554. The first-order valence-corrected chi connectivity index (χ1v) is 5.88. The molecule has 0 bridgehead atoms. The lowest BCUT2D eigenvalue weighted by Gasteiger charge is -2.21. The van der Waals surface area contributed by atoms with Gasteiger partial charge in [-0.05, 0) is 6.92 Å². The number of carbonyl (C=O) groups excluding carboxylic acids is 2. The standard InChI is InChI=1S/C13H13NO5/c1-9(15)13(6-7-19-12(13)16)8-10-4-2-3-5-11(10)14(17)18/h2-5H,6-8H2,1H3. The molecule has 1 fully saturated rings. The highest BCUT2D eigenvalue weighted by Gasteiger charge is 2.49. The molecule has 0 radical (unpaired) electrons. The number of benzene rings is 1. The van der Waals surface area contributed by atoms with Gasteiger partial charge in [-0.2, -0.15) is 0 Å². The Hall–Kier alpha value is -2.24. The number of Topliss-reactive ketones (excluding diaryl/α,β-unsaturated/α-hetero) is 1. The third kappa shape index (κ3) is 2.21. The van der Waals surface area contributed by atoms with Crippen molar-refractivity contribution in [3.8, 4) is 0 Å². The van der Waals surface area contributed by atoms with Gasteiger partial charge in [0.1, 0.15) is 11.2 Å². The zero-order valence-electron chi connectivity index (χ0n) is 10.4. The highest BCUT2D eigenvalue weighted by Crippen LogP contribution is 2.37. The molecule has 1 unspecified atom stereocenters. The van der Waals surface area contributed by atoms with E-state index in [-0.39, 0.29) is 30.9 Å². The van der Waals surface area contributed by atoms with Crippen LogP contribution in [0.25, 0.3) is 0 Å². The molecule has 6 nitrogen and oxygen atoms in total.